The first-order chi connectivity index (χ1) is 8.90. The van der Waals surface area contributed by atoms with E-state index in [0.29, 0.717) is 13.1 Å². The first-order valence-electron chi connectivity index (χ1n) is 6.37. The zero-order chi connectivity index (χ0) is 14.6. The van der Waals surface area contributed by atoms with Gasteiger partial charge in [-0.2, -0.15) is 0 Å². The van der Waals surface area contributed by atoms with Gasteiger partial charge in [0, 0.05) is 26.7 Å². The molecule has 0 aromatic heterocycles. The Bertz CT molecular complexity index is 372. The second-order valence-corrected chi connectivity index (χ2v) is 4.80. The largest absolute Gasteiger partial charge is 0.481 e. The van der Waals surface area contributed by atoms with Crippen molar-refractivity contribution in [3.05, 3.63) is 0 Å². The van der Waals surface area contributed by atoms with Crippen molar-refractivity contribution in [2.24, 2.45) is 11.8 Å². The Labute approximate surface area is 112 Å². The van der Waals surface area contributed by atoms with Crippen LogP contribution in [0.1, 0.15) is 13.8 Å². The summed E-state index contributed by atoms with van der Waals surface area (Å²) in [5, 5.41) is 11.5. The fourth-order valence-electron chi connectivity index (χ4n) is 2.21. The van der Waals surface area contributed by atoms with Crippen LogP contribution in [0.5, 0.6) is 0 Å². The van der Waals surface area contributed by atoms with Crippen LogP contribution in [-0.2, 0) is 9.59 Å². The van der Waals surface area contributed by atoms with Crippen LogP contribution in [0.25, 0.3) is 0 Å². The van der Waals surface area contributed by atoms with Crippen molar-refractivity contribution >= 4 is 17.9 Å². The van der Waals surface area contributed by atoms with E-state index < -0.39 is 11.9 Å². The van der Waals surface area contributed by atoms with Crippen molar-refractivity contribution < 1.29 is 19.5 Å². The maximum atomic E-state index is 12.2. The molecule has 1 rings (SSSR count). The van der Waals surface area contributed by atoms with Crippen molar-refractivity contribution in [1.29, 1.82) is 0 Å². The molecule has 0 bridgehead atoms. The molecule has 0 spiro atoms. The summed E-state index contributed by atoms with van der Waals surface area (Å²) in [6, 6.07) is -0.276. The molecular formula is C12H21N3O4. The molecular weight excluding hydrogens is 250 g/mol. The summed E-state index contributed by atoms with van der Waals surface area (Å²) < 4.78 is 0. The Morgan fingerprint density at radius 1 is 1.37 bits per heavy atom. The summed E-state index contributed by atoms with van der Waals surface area (Å²) >= 11 is 0. The molecule has 1 heterocycles. The van der Waals surface area contributed by atoms with Crippen molar-refractivity contribution in [3.8, 4) is 0 Å². The van der Waals surface area contributed by atoms with Gasteiger partial charge in [-0.25, -0.2) is 4.79 Å². The van der Waals surface area contributed by atoms with E-state index in [9.17, 15) is 14.4 Å². The molecule has 2 unspecified atom stereocenters. The van der Waals surface area contributed by atoms with Gasteiger partial charge in [0.05, 0.1) is 5.92 Å². The van der Waals surface area contributed by atoms with Crippen LogP contribution >= 0.6 is 0 Å². The number of likely N-dealkylation sites (tertiary alicyclic amines) is 1. The van der Waals surface area contributed by atoms with Gasteiger partial charge < -0.3 is 20.2 Å². The first-order valence-corrected chi connectivity index (χ1v) is 6.37. The van der Waals surface area contributed by atoms with Crippen LogP contribution in [0, 0.1) is 11.8 Å². The van der Waals surface area contributed by atoms with Crippen LogP contribution in [0.2, 0.25) is 0 Å². The molecule has 0 aromatic rings. The number of likely N-dealkylation sites (N-methyl/N-ethyl adjacent to an activating group) is 2. The van der Waals surface area contributed by atoms with Gasteiger partial charge in [-0.15, -0.1) is 0 Å². The molecule has 1 aliphatic heterocycles. The lowest BCUT2D eigenvalue weighted by Gasteiger charge is -2.26. The maximum Gasteiger partial charge on any atom is 0.320 e. The van der Waals surface area contributed by atoms with Crippen LogP contribution in [0.15, 0.2) is 0 Å². The minimum absolute atomic E-state index is 0.00550. The monoisotopic (exact) mass is 271 g/mol. The fraction of sp³-hybridized carbons (Fsp3) is 0.750. The SMILES string of the molecule is CCN(CC(=O)NC)C(=O)N1CC(C)C(C(=O)O)C1. The van der Waals surface area contributed by atoms with Crippen LogP contribution < -0.4 is 5.32 Å². The van der Waals surface area contributed by atoms with Crippen LogP contribution in [-0.4, -0.2) is 66.0 Å². The Kier molecular flexibility index (Phi) is 5.14. The Morgan fingerprint density at radius 2 is 2.00 bits per heavy atom. The lowest BCUT2D eigenvalue weighted by Crippen LogP contribution is -2.46. The lowest BCUT2D eigenvalue weighted by molar-refractivity contribution is -0.142. The van der Waals surface area contributed by atoms with E-state index in [4.69, 9.17) is 5.11 Å². The van der Waals surface area contributed by atoms with Gasteiger partial charge in [-0.05, 0) is 12.8 Å². The van der Waals surface area contributed by atoms with Gasteiger partial charge >= 0.3 is 12.0 Å². The van der Waals surface area contributed by atoms with Gasteiger partial charge in [0.15, 0.2) is 0 Å². The standard InChI is InChI=1S/C12H21N3O4/c1-4-14(7-10(16)13-3)12(19)15-5-8(2)9(6-15)11(17)18/h8-9H,4-7H2,1-3H3,(H,13,16)(H,17,18). The smallest absolute Gasteiger partial charge is 0.320 e. The molecule has 3 amide bonds. The number of hydrogen-bond acceptors (Lipinski definition) is 3. The molecule has 0 saturated carbocycles. The number of carbonyl (C=O) groups is 3. The molecule has 7 heteroatoms. The van der Waals surface area contributed by atoms with Gasteiger partial charge in [0.25, 0.3) is 0 Å². The van der Waals surface area contributed by atoms with E-state index in [-0.39, 0.29) is 30.9 Å². The summed E-state index contributed by atoms with van der Waals surface area (Å²) in [5.41, 5.74) is 0. The third-order valence-electron chi connectivity index (χ3n) is 3.47. The third kappa shape index (κ3) is 3.59. The molecule has 0 aromatic carbocycles. The highest BCUT2D eigenvalue weighted by Crippen LogP contribution is 2.24. The van der Waals surface area contributed by atoms with E-state index in [0.717, 1.165) is 0 Å². The molecule has 7 nitrogen and oxygen atoms in total. The van der Waals surface area contributed by atoms with Crippen LogP contribution in [0.3, 0.4) is 0 Å². The van der Waals surface area contributed by atoms with E-state index in [1.807, 2.05) is 6.92 Å². The average molecular weight is 271 g/mol. The van der Waals surface area contributed by atoms with E-state index in [1.165, 1.54) is 16.8 Å². The molecule has 1 saturated heterocycles. The third-order valence-corrected chi connectivity index (χ3v) is 3.47. The normalized spacial score (nSPS) is 22.2. The van der Waals surface area contributed by atoms with E-state index in [2.05, 4.69) is 5.32 Å². The van der Waals surface area contributed by atoms with E-state index in [1.54, 1.807) is 6.92 Å². The summed E-state index contributed by atoms with van der Waals surface area (Å²) in [5.74, 6) is -1.71. The van der Waals surface area contributed by atoms with Gasteiger partial charge in [-0.1, -0.05) is 6.92 Å². The van der Waals surface area contributed by atoms with Crippen molar-refractivity contribution in [2.45, 2.75) is 13.8 Å². The quantitative estimate of drug-likeness (QED) is 0.742. The highest BCUT2D eigenvalue weighted by atomic mass is 16.4. The number of rotatable bonds is 4. The predicted octanol–water partition coefficient (Wildman–Crippen LogP) is -0.173. The lowest BCUT2D eigenvalue weighted by atomic mass is 9.99. The second-order valence-electron chi connectivity index (χ2n) is 4.80. The van der Waals surface area contributed by atoms with E-state index >= 15 is 0 Å². The zero-order valence-corrected chi connectivity index (χ0v) is 11.5. The summed E-state index contributed by atoms with van der Waals surface area (Å²) in [6.45, 7) is 4.64. The molecule has 2 N–H and O–H groups in total. The number of carbonyl (C=O) groups excluding carboxylic acids is 2. The van der Waals surface area contributed by atoms with Crippen molar-refractivity contribution in [2.75, 3.05) is 33.2 Å². The summed E-state index contributed by atoms with van der Waals surface area (Å²) in [4.78, 5) is 37.5. The maximum absolute atomic E-state index is 12.2. The molecule has 19 heavy (non-hydrogen) atoms. The number of carboxylic acid groups (broad SMARTS) is 1. The molecule has 2 atom stereocenters. The predicted molar refractivity (Wildman–Crippen MR) is 68.6 cm³/mol. The Morgan fingerprint density at radius 3 is 2.42 bits per heavy atom. The minimum Gasteiger partial charge on any atom is -0.481 e. The number of nitrogens with one attached hydrogen (secondary N) is 1. The number of hydrogen-bond donors (Lipinski definition) is 2. The fourth-order valence-corrected chi connectivity index (χ4v) is 2.21. The molecule has 0 aliphatic carbocycles. The molecule has 0 radical (unpaired) electrons. The number of nitrogens with zero attached hydrogens (tertiary/aromatic N) is 2. The van der Waals surface area contributed by atoms with Crippen molar-refractivity contribution in [1.82, 2.24) is 15.1 Å². The van der Waals surface area contributed by atoms with Crippen LogP contribution in [0.4, 0.5) is 4.79 Å². The Balaban J connectivity index is 2.67. The summed E-state index contributed by atoms with van der Waals surface area (Å²) in [7, 11) is 1.51. The topological polar surface area (TPSA) is 90.0 Å². The van der Waals surface area contributed by atoms with Gasteiger partial charge in [0.1, 0.15) is 6.54 Å². The first kappa shape index (κ1) is 15.3. The average Bonchev–Trinajstić information content (AvgIpc) is 2.77. The molecule has 108 valence electrons. The summed E-state index contributed by atoms with van der Waals surface area (Å²) in [6.07, 6.45) is 0. The number of carboxylic acids is 1. The number of urea groups is 1. The molecule has 1 aliphatic rings. The second kappa shape index (κ2) is 6.40. The zero-order valence-electron chi connectivity index (χ0n) is 11.5. The highest BCUT2D eigenvalue weighted by molar-refractivity contribution is 5.84. The molecule has 1 fully saturated rings. The van der Waals surface area contributed by atoms with Gasteiger partial charge in [-0.3, -0.25) is 9.59 Å². The number of aliphatic carboxylic acids is 1. The highest BCUT2D eigenvalue weighted by Gasteiger charge is 2.38. The minimum atomic E-state index is -0.878. The Hall–Kier alpha value is -1.79. The van der Waals surface area contributed by atoms with Gasteiger partial charge in [0.2, 0.25) is 5.91 Å². The van der Waals surface area contributed by atoms with Crippen molar-refractivity contribution in [3.63, 3.8) is 0 Å². The number of amides is 3.